The Hall–Kier alpha value is -1.77. The van der Waals surface area contributed by atoms with Gasteiger partial charge in [-0.1, -0.05) is 50.1 Å². The van der Waals surface area contributed by atoms with Gasteiger partial charge in [-0.25, -0.2) is 4.98 Å². The summed E-state index contributed by atoms with van der Waals surface area (Å²) in [6.07, 6.45) is 4.58. The largest absolute Gasteiger partial charge is 0.384 e. The van der Waals surface area contributed by atoms with Gasteiger partial charge in [-0.2, -0.15) is 0 Å². The molecule has 0 saturated carbocycles. The molecule has 0 aliphatic rings. The van der Waals surface area contributed by atoms with Crippen LogP contribution in [-0.2, 0) is 13.5 Å². The van der Waals surface area contributed by atoms with Crippen molar-refractivity contribution < 1.29 is 0 Å². The third kappa shape index (κ3) is 2.55. The Kier molecular flexibility index (Phi) is 4.03. The summed E-state index contributed by atoms with van der Waals surface area (Å²) in [5.74, 6) is 1.75. The van der Waals surface area contributed by atoms with Gasteiger partial charge in [0.1, 0.15) is 11.6 Å². The van der Waals surface area contributed by atoms with Crippen LogP contribution in [0.15, 0.2) is 30.3 Å². The van der Waals surface area contributed by atoms with E-state index in [1.54, 1.807) is 0 Å². The highest BCUT2D eigenvalue weighted by Crippen LogP contribution is 2.23. The maximum absolute atomic E-state index is 6.12. The standard InChI is InChI=1S/C15H21N3/c1-3-4-6-11-13-14(16)18(2)15(17-13)12-9-7-5-8-10-12/h5,7-10H,3-4,6,11,16H2,1-2H3. The van der Waals surface area contributed by atoms with Crippen LogP contribution in [0.25, 0.3) is 11.4 Å². The molecule has 1 aromatic heterocycles. The predicted molar refractivity (Wildman–Crippen MR) is 76.3 cm³/mol. The van der Waals surface area contributed by atoms with E-state index in [-0.39, 0.29) is 0 Å². The predicted octanol–water partition coefficient (Wildman–Crippen LogP) is 3.40. The van der Waals surface area contributed by atoms with E-state index in [9.17, 15) is 0 Å². The molecule has 2 N–H and O–H groups in total. The summed E-state index contributed by atoms with van der Waals surface area (Å²) < 4.78 is 1.98. The molecule has 0 aliphatic carbocycles. The van der Waals surface area contributed by atoms with Crippen LogP contribution in [0.2, 0.25) is 0 Å². The van der Waals surface area contributed by atoms with Crippen molar-refractivity contribution >= 4 is 5.82 Å². The van der Waals surface area contributed by atoms with Crippen molar-refractivity contribution in [1.82, 2.24) is 9.55 Å². The first kappa shape index (κ1) is 12.7. The Morgan fingerprint density at radius 2 is 1.89 bits per heavy atom. The van der Waals surface area contributed by atoms with Crippen molar-refractivity contribution in [2.45, 2.75) is 32.6 Å². The van der Waals surface area contributed by atoms with E-state index in [4.69, 9.17) is 5.73 Å². The summed E-state index contributed by atoms with van der Waals surface area (Å²) in [5.41, 5.74) is 8.27. The van der Waals surface area contributed by atoms with Gasteiger partial charge in [0.25, 0.3) is 0 Å². The van der Waals surface area contributed by atoms with Gasteiger partial charge in [0.15, 0.2) is 0 Å². The monoisotopic (exact) mass is 243 g/mol. The maximum atomic E-state index is 6.12. The second kappa shape index (κ2) is 5.71. The Morgan fingerprint density at radius 3 is 2.56 bits per heavy atom. The number of aromatic nitrogens is 2. The molecule has 2 aromatic rings. The van der Waals surface area contributed by atoms with Crippen molar-refractivity contribution in [3.63, 3.8) is 0 Å². The van der Waals surface area contributed by atoms with E-state index in [1.165, 1.54) is 12.8 Å². The zero-order valence-corrected chi connectivity index (χ0v) is 11.2. The Labute approximate surface area is 109 Å². The molecule has 1 aromatic carbocycles. The van der Waals surface area contributed by atoms with Crippen LogP contribution < -0.4 is 5.73 Å². The van der Waals surface area contributed by atoms with E-state index in [0.717, 1.165) is 35.7 Å². The molecular formula is C15H21N3. The second-order valence-electron chi connectivity index (χ2n) is 4.65. The zero-order valence-electron chi connectivity index (χ0n) is 11.2. The average Bonchev–Trinajstić information content (AvgIpc) is 2.68. The highest BCUT2D eigenvalue weighted by atomic mass is 15.1. The smallest absolute Gasteiger partial charge is 0.141 e. The molecule has 1 heterocycles. The van der Waals surface area contributed by atoms with E-state index in [1.807, 2.05) is 29.8 Å². The lowest BCUT2D eigenvalue weighted by Crippen LogP contribution is -2.00. The van der Waals surface area contributed by atoms with E-state index in [2.05, 4.69) is 24.0 Å². The third-order valence-electron chi connectivity index (χ3n) is 3.26. The van der Waals surface area contributed by atoms with Crippen LogP contribution in [0.3, 0.4) is 0 Å². The lowest BCUT2D eigenvalue weighted by atomic mass is 10.1. The number of unbranched alkanes of at least 4 members (excludes halogenated alkanes) is 2. The van der Waals surface area contributed by atoms with Crippen LogP contribution in [0.4, 0.5) is 5.82 Å². The van der Waals surface area contributed by atoms with Crippen molar-refractivity contribution in [3.8, 4) is 11.4 Å². The number of rotatable bonds is 5. The number of imidazole rings is 1. The molecule has 18 heavy (non-hydrogen) atoms. The average molecular weight is 243 g/mol. The summed E-state index contributed by atoms with van der Waals surface area (Å²) in [7, 11) is 1.98. The van der Waals surface area contributed by atoms with Crippen LogP contribution in [0.1, 0.15) is 31.9 Å². The van der Waals surface area contributed by atoms with Gasteiger partial charge in [-0.05, 0) is 12.8 Å². The quantitative estimate of drug-likeness (QED) is 0.818. The van der Waals surface area contributed by atoms with Gasteiger partial charge in [-0.15, -0.1) is 0 Å². The Balaban J connectivity index is 2.25. The minimum atomic E-state index is 0.796. The normalized spacial score (nSPS) is 10.8. The molecule has 0 atom stereocenters. The molecule has 2 rings (SSSR count). The van der Waals surface area contributed by atoms with Crippen LogP contribution >= 0.6 is 0 Å². The summed E-state index contributed by atoms with van der Waals surface area (Å²) in [4.78, 5) is 4.69. The first-order valence-corrected chi connectivity index (χ1v) is 6.60. The molecule has 0 fully saturated rings. The zero-order chi connectivity index (χ0) is 13.0. The van der Waals surface area contributed by atoms with Crippen LogP contribution in [0, 0.1) is 0 Å². The summed E-state index contributed by atoms with van der Waals surface area (Å²) >= 11 is 0. The van der Waals surface area contributed by atoms with Crippen LogP contribution in [0.5, 0.6) is 0 Å². The van der Waals surface area contributed by atoms with E-state index in [0.29, 0.717) is 0 Å². The number of aryl methyl sites for hydroxylation is 1. The number of benzene rings is 1. The minimum absolute atomic E-state index is 0.796. The Morgan fingerprint density at radius 1 is 1.17 bits per heavy atom. The van der Waals surface area contributed by atoms with Gasteiger partial charge in [-0.3, -0.25) is 0 Å². The molecular weight excluding hydrogens is 222 g/mol. The third-order valence-corrected chi connectivity index (χ3v) is 3.26. The van der Waals surface area contributed by atoms with Gasteiger partial charge in [0.05, 0.1) is 5.69 Å². The first-order chi connectivity index (χ1) is 8.74. The summed E-state index contributed by atoms with van der Waals surface area (Å²) in [6, 6.07) is 10.2. The van der Waals surface area contributed by atoms with E-state index < -0.39 is 0 Å². The molecule has 3 nitrogen and oxygen atoms in total. The van der Waals surface area contributed by atoms with E-state index >= 15 is 0 Å². The molecule has 0 unspecified atom stereocenters. The summed E-state index contributed by atoms with van der Waals surface area (Å²) in [6.45, 7) is 2.21. The number of hydrogen-bond acceptors (Lipinski definition) is 2. The van der Waals surface area contributed by atoms with Gasteiger partial charge >= 0.3 is 0 Å². The fraction of sp³-hybridized carbons (Fsp3) is 0.400. The number of hydrogen-bond donors (Lipinski definition) is 1. The van der Waals surface area contributed by atoms with Gasteiger partial charge in [0, 0.05) is 12.6 Å². The highest BCUT2D eigenvalue weighted by molar-refractivity contribution is 5.60. The number of anilines is 1. The SMILES string of the molecule is CCCCCc1nc(-c2ccccc2)n(C)c1N. The van der Waals surface area contributed by atoms with Crippen molar-refractivity contribution in [2.24, 2.45) is 7.05 Å². The first-order valence-electron chi connectivity index (χ1n) is 6.60. The molecule has 3 heteroatoms. The fourth-order valence-electron chi connectivity index (χ4n) is 2.14. The fourth-order valence-corrected chi connectivity index (χ4v) is 2.14. The van der Waals surface area contributed by atoms with Crippen molar-refractivity contribution in [2.75, 3.05) is 5.73 Å². The topological polar surface area (TPSA) is 43.8 Å². The maximum Gasteiger partial charge on any atom is 0.141 e. The molecule has 0 amide bonds. The molecule has 0 spiro atoms. The highest BCUT2D eigenvalue weighted by Gasteiger charge is 2.12. The van der Waals surface area contributed by atoms with Crippen molar-refractivity contribution in [1.29, 1.82) is 0 Å². The van der Waals surface area contributed by atoms with Crippen molar-refractivity contribution in [3.05, 3.63) is 36.0 Å². The number of nitrogens with two attached hydrogens (primary N) is 1. The molecule has 0 radical (unpaired) electrons. The molecule has 0 aliphatic heterocycles. The van der Waals surface area contributed by atoms with Gasteiger partial charge < -0.3 is 10.3 Å². The lowest BCUT2D eigenvalue weighted by molar-refractivity contribution is 0.710. The summed E-state index contributed by atoms with van der Waals surface area (Å²) in [5, 5.41) is 0. The molecule has 0 bridgehead atoms. The lowest BCUT2D eigenvalue weighted by Gasteiger charge is -2.02. The number of nitrogen functional groups attached to an aromatic ring is 1. The minimum Gasteiger partial charge on any atom is -0.384 e. The van der Waals surface area contributed by atoms with Gasteiger partial charge in [0.2, 0.25) is 0 Å². The molecule has 0 saturated heterocycles. The number of nitrogens with zero attached hydrogens (tertiary/aromatic N) is 2. The van der Waals surface area contributed by atoms with Crippen LogP contribution in [-0.4, -0.2) is 9.55 Å². The second-order valence-corrected chi connectivity index (χ2v) is 4.65. The molecule has 96 valence electrons. The Bertz CT molecular complexity index is 500.